The Bertz CT molecular complexity index is 224. The van der Waals surface area contributed by atoms with Crippen molar-refractivity contribution in [3.63, 3.8) is 0 Å². The second-order valence-corrected chi connectivity index (χ2v) is 6.37. The standard InChI is InChI=1S/C15H31N3/c1-17-11-7-14(8-12-17)6-9-16-13-15-5-3-4-10-18(15)2/h14-16H,3-13H2,1-2H3. The van der Waals surface area contributed by atoms with Gasteiger partial charge in [0, 0.05) is 12.6 Å². The maximum Gasteiger partial charge on any atom is 0.0217 e. The SMILES string of the molecule is CN1CCC(CCNCC2CCCCN2C)CC1. The van der Waals surface area contributed by atoms with Gasteiger partial charge >= 0.3 is 0 Å². The van der Waals surface area contributed by atoms with Crippen LogP contribution in [0.1, 0.15) is 38.5 Å². The molecule has 2 rings (SSSR count). The van der Waals surface area contributed by atoms with Crippen molar-refractivity contribution >= 4 is 0 Å². The van der Waals surface area contributed by atoms with Gasteiger partial charge < -0.3 is 15.1 Å². The van der Waals surface area contributed by atoms with Gasteiger partial charge in [0.25, 0.3) is 0 Å². The number of nitrogens with one attached hydrogen (secondary N) is 1. The summed E-state index contributed by atoms with van der Waals surface area (Å²) in [7, 11) is 4.52. The predicted molar refractivity (Wildman–Crippen MR) is 78.0 cm³/mol. The lowest BCUT2D eigenvalue weighted by Gasteiger charge is -2.33. The van der Waals surface area contributed by atoms with Gasteiger partial charge in [0.1, 0.15) is 0 Å². The molecule has 1 unspecified atom stereocenters. The van der Waals surface area contributed by atoms with Gasteiger partial charge in [-0.3, -0.25) is 0 Å². The van der Waals surface area contributed by atoms with Gasteiger partial charge in [-0.15, -0.1) is 0 Å². The van der Waals surface area contributed by atoms with Crippen molar-refractivity contribution < 1.29 is 0 Å². The number of piperidine rings is 2. The number of likely N-dealkylation sites (N-methyl/N-ethyl adjacent to an activating group) is 1. The van der Waals surface area contributed by atoms with Gasteiger partial charge in [0.05, 0.1) is 0 Å². The van der Waals surface area contributed by atoms with Gasteiger partial charge in [-0.1, -0.05) is 6.42 Å². The zero-order valence-corrected chi connectivity index (χ0v) is 12.3. The molecule has 0 saturated carbocycles. The first kappa shape index (κ1) is 14.3. The highest BCUT2D eigenvalue weighted by Crippen LogP contribution is 2.19. The fourth-order valence-electron chi connectivity index (χ4n) is 3.33. The van der Waals surface area contributed by atoms with Crippen LogP contribution in [0, 0.1) is 5.92 Å². The lowest BCUT2D eigenvalue weighted by Crippen LogP contribution is -2.43. The fraction of sp³-hybridized carbons (Fsp3) is 1.00. The average molecular weight is 253 g/mol. The van der Waals surface area contributed by atoms with E-state index in [0.717, 1.165) is 12.0 Å². The first-order valence-electron chi connectivity index (χ1n) is 7.85. The number of hydrogen-bond acceptors (Lipinski definition) is 3. The molecule has 1 N–H and O–H groups in total. The van der Waals surface area contributed by atoms with Gasteiger partial charge in [-0.05, 0) is 78.3 Å². The maximum absolute atomic E-state index is 3.69. The second-order valence-electron chi connectivity index (χ2n) is 6.37. The molecule has 3 nitrogen and oxygen atoms in total. The minimum absolute atomic E-state index is 0.788. The number of rotatable bonds is 5. The van der Waals surface area contributed by atoms with Crippen LogP contribution < -0.4 is 5.32 Å². The third-order valence-electron chi connectivity index (χ3n) is 4.87. The monoisotopic (exact) mass is 253 g/mol. The van der Waals surface area contributed by atoms with Crippen molar-refractivity contribution in [2.45, 2.75) is 44.6 Å². The zero-order valence-electron chi connectivity index (χ0n) is 12.3. The third-order valence-corrected chi connectivity index (χ3v) is 4.87. The maximum atomic E-state index is 3.69. The van der Waals surface area contributed by atoms with E-state index in [2.05, 4.69) is 29.2 Å². The van der Waals surface area contributed by atoms with Crippen LogP contribution in [0.3, 0.4) is 0 Å². The molecule has 0 bridgehead atoms. The molecule has 2 fully saturated rings. The topological polar surface area (TPSA) is 18.5 Å². The summed E-state index contributed by atoms with van der Waals surface area (Å²) in [5, 5.41) is 3.69. The van der Waals surface area contributed by atoms with Gasteiger partial charge in [0.2, 0.25) is 0 Å². The normalized spacial score (nSPS) is 28.7. The molecule has 0 aromatic heterocycles. The van der Waals surface area contributed by atoms with E-state index in [0.29, 0.717) is 0 Å². The van der Waals surface area contributed by atoms with Crippen LogP contribution >= 0.6 is 0 Å². The fourth-order valence-corrected chi connectivity index (χ4v) is 3.33. The Hall–Kier alpha value is -0.120. The van der Waals surface area contributed by atoms with E-state index >= 15 is 0 Å². The van der Waals surface area contributed by atoms with Gasteiger partial charge in [0.15, 0.2) is 0 Å². The van der Waals surface area contributed by atoms with E-state index in [1.807, 2.05) is 0 Å². The van der Waals surface area contributed by atoms with Crippen molar-refractivity contribution in [2.24, 2.45) is 5.92 Å². The molecule has 0 amide bonds. The molecule has 2 saturated heterocycles. The molecule has 2 aliphatic heterocycles. The molecule has 18 heavy (non-hydrogen) atoms. The molecule has 3 heteroatoms. The van der Waals surface area contributed by atoms with Crippen LogP contribution in [-0.2, 0) is 0 Å². The van der Waals surface area contributed by atoms with Gasteiger partial charge in [-0.2, -0.15) is 0 Å². The summed E-state index contributed by atoms with van der Waals surface area (Å²) < 4.78 is 0. The lowest BCUT2D eigenvalue weighted by atomic mass is 9.94. The summed E-state index contributed by atoms with van der Waals surface area (Å²) >= 11 is 0. The summed E-state index contributed by atoms with van der Waals surface area (Å²) in [4.78, 5) is 4.99. The Balaban J connectivity index is 1.53. The summed E-state index contributed by atoms with van der Waals surface area (Å²) in [5.74, 6) is 0.970. The third kappa shape index (κ3) is 4.52. The van der Waals surface area contributed by atoms with Crippen molar-refractivity contribution in [1.82, 2.24) is 15.1 Å². The van der Waals surface area contributed by atoms with Crippen LogP contribution in [0.25, 0.3) is 0 Å². The largest absolute Gasteiger partial charge is 0.315 e. The minimum Gasteiger partial charge on any atom is -0.315 e. The molecule has 2 heterocycles. The van der Waals surface area contributed by atoms with Crippen LogP contribution in [0.5, 0.6) is 0 Å². The summed E-state index contributed by atoms with van der Waals surface area (Å²) in [6.07, 6.45) is 8.39. The summed E-state index contributed by atoms with van der Waals surface area (Å²) in [5.41, 5.74) is 0. The van der Waals surface area contributed by atoms with Crippen molar-refractivity contribution in [3.05, 3.63) is 0 Å². The molecule has 106 valence electrons. The van der Waals surface area contributed by atoms with Crippen molar-refractivity contribution in [3.8, 4) is 0 Å². The second kappa shape index (κ2) is 7.46. The van der Waals surface area contributed by atoms with Crippen LogP contribution in [0.2, 0.25) is 0 Å². The highest BCUT2D eigenvalue weighted by Gasteiger charge is 2.19. The molecule has 0 aromatic carbocycles. The molecular formula is C15H31N3. The minimum atomic E-state index is 0.788. The molecule has 1 atom stereocenters. The molecule has 0 aliphatic carbocycles. The van der Waals surface area contributed by atoms with Gasteiger partial charge in [-0.25, -0.2) is 0 Å². The Kier molecular flexibility index (Phi) is 5.93. The summed E-state index contributed by atoms with van der Waals surface area (Å²) in [6.45, 7) is 6.31. The summed E-state index contributed by atoms with van der Waals surface area (Å²) in [6, 6.07) is 0.788. The first-order chi connectivity index (χ1) is 8.75. The quantitative estimate of drug-likeness (QED) is 0.754. The van der Waals surface area contributed by atoms with E-state index < -0.39 is 0 Å². The molecule has 2 aliphatic rings. The molecule has 0 aromatic rings. The predicted octanol–water partition coefficient (Wildman–Crippen LogP) is 1.79. The van der Waals surface area contributed by atoms with E-state index in [1.165, 1.54) is 71.2 Å². The smallest absolute Gasteiger partial charge is 0.0217 e. The van der Waals surface area contributed by atoms with Crippen molar-refractivity contribution in [1.29, 1.82) is 0 Å². The van der Waals surface area contributed by atoms with E-state index in [-0.39, 0.29) is 0 Å². The van der Waals surface area contributed by atoms with Crippen LogP contribution in [-0.4, -0.2) is 62.7 Å². The lowest BCUT2D eigenvalue weighted by molar-refractivity contribution is 0.178. The Morgan fingerprint density at radius 3 is 2.50 bits per heavy atom. The van der Waals surface area contributed by atoms with Crippen molar-refractivity contribution in [2.75, 3.05) is 46.8 Å². The Morgan fingerprint density at radius 1 is 1.00 bits per heavy atom. The Labute approximate surface area is 113 Å². The molecule has 0 spiro atoms. The van der Waals surface area contributed by atoms with E-state index in [9.17, 15) is 0 Å². The average Bonchev–Trinajstić information content (AvgIpc) is 2.39. The molecule has 0 radical (unpaired) electrons. The number of nitrogens with zero attached hydrogens (tertiary/aromatic N) is 2. The zero-order chi connectivity index (χ0) is 12.8. The van der Waals surface area contributed by atoms with E-state index in [1.54, 1.807) is 0 Å². The number of likely N-dealkylation sites (tertiary alicyclic amines) is 2. The highest BCUT2D eigenvalue weighted by atomic mass is 15.2. The van der Waals surface area contributed by atoms with Crippen LogP contribution in [0.15, 0.2) is 0 Å². The first-order valence-corrected chi connectivity index (χ1v) is 7.85. The molecular weight excluding hydrogens is 222 g/mol. The Morgan fingerprint density at radius 2 is 1.78 bits per heavy atom. The highest BCUT2D eigenvalue weighted by molar-refractivity contribution is 4.77. The number of hydrogen-bond donors (Lipinski definition) is 1. The van der Waals surface area contributed by atoms with Crippen LogP contribution in [0.4, 0.5) is 0 Å². The van der Waals surface area contributed by atoms with E-state index in [4.69, 9.17) is 0 Å².